The van der Waals surface area contributed by atoms with Gasteiger partial charge in [-0.15, -0.1) is 0 Å². The van der Waals surface area contributed by atoms with E-state index in [2.05, 4.69) is 0 Å². The number of aliphatic hydroxyl groups excluding tert-OH is 5. The van der Waals surface area contributed by atoms with Crippen molar-refractivity contribution in [2.75, 3.05) is 0 Å². The largest absolute Gasteiger partial charge is 0.462 e. The Morgan fingerprint density at radius 1 is 1.03 bits per heavy atom. The molecular weight excluding hydrogens is 469 g/mol. The molecule has 182 valence electrons. The van der Waals surface area contributed by atoms with Crippen LogP contribution in [0, 0.1) is 0 Å². The first-order chi connectivity index (χ1) is 15.4. The van der Waals surface area contributed by atoms with Gasteiger partial charge in [0.15, 0.2) is 0 Å². The maximum Gasteiger partial charge on any atom is 0.416 e. The Bertz CT molecular complexity index is 952. The second-order valence-electron chi connectivity index (χ2n) is 7.88. The summed E-state index contributed by atoms with van der Waals surface area (Å²) in [4.78, 5) is 0. The molecule has 1 aliphatic rings. The Hall–Kier alpha value is -1.92. The van der Waals surface area contributed by atoms with Gasteiger partial charge in [-0.3, -0.25) is 0 Å². The number of halogens is 4. The van der Waals surface area contributed by atoms with Gasteiger partial charge in [0.25, 0.3) is 0 Å². The topological polar surface area (TPSA) is 120 Å². The summed E-state index contributed by atoms with van der Waals surface area (Å²) in [6.45, 7) is 0.928. The lowest BCUT2D eigenvalue weighted by Crippen LogP contribution is -2.61. The van der Waals surface area contributed by atoms with Gasteiger partial charge in [0.2, 0.25) is 6.29 Å². The van der Waals surface area contributed by atoms with Gasteiger partial charge in [-0.25, -0.2) is 0 Å². The smallest absolute Gasteiger partial charge is 0.416 e. The van der Waals surface area contributed by atoms with Crippen LogP contribution in [0.15, 0.2) is 36.4 Å². The van der Waals surface area contributed by atoms with Crippen molar-refractivity contribution >= 4 is 11.6 Å². The molecule has 1 saturated heterocycles. The van der Waals surface area contributed by atoms with Crippen molar-refractivity contribution in [2.24, 2.45) is 0 Å². The summed E-state index contributed by atoms with van der Waals surface area (Å²) in [6.07, 6.45) is -13.4. The first kappa shape index (κ1) is 25.7. The second kappa shape index (κ2) is 10.1. The van der Waals surface area contributed by atoms with Crippen molar-refractivity contribution < 1.29 is 48.2 Å². The molecule has 2 aromatic rings. The quantitative estimate of drug-likeness (QED) is 0.418. The summed E-state index contributed by atoms with van der Waals surface area (Å²) in [5.74, 6) is 0.0448. The third-order valence-corrected chi connectivity index (χ3v) is 5.72. The lowest BCUT2D eigenvalue weighted by atomic mass is 9.96. The van der Waals surface area contributed by atoms with E-state index in [0.29, 0.717) is 16.7 Å². The van der Waals surface area contributed by atoms with E-state index in [-0.39, 0.29) is 17.2 Å². The van der Waals surface area contributed by atoms with Gasteiger partial charge in [-0.1, -0.05) is 23.7 Å². The Morgan fingerprint density at radius 3 is 2.21 bits per heavy atom. The van der Waals surface area contributed by atoms with Gasteiger partial charge >= 0.3 is 6.18 Å². The predicted molar refractivity (Wildman–Crippen MR) is 111 cm³/mol. The van der Waals surface area contributed by atoms with Crippen LogP contribution in [0.1, 0.15) is 29.2 Å². The van der Waals surface area contributed by atoms with Crippen molar-refractivity contribution in [1.29, 1.82) is 0 Å². The van der Waals surface area contributed by atoms with Crippen LogP contribution in [0.2, 0.25) is 5.02 Å². The van der Waals surface area contributed by atoms with Gasteiger partial charge in [0.1, 0.15) is 30.2 Å². The second-order valence-corrected chi connectivity index (χ2v) is 8.29. The molecule has 0 aromatic heterocycles. The Labute approximate surface area is 192 Å². The Morgan fingerprint density at radius 2 is 1.67 bits per heavy atom. The molecule has 0 amide bonds. The summed E-state index contributed by atoms with van der Waals surface area (Å²) < 4.78 is 49.7. The normalized spacial score (nSPS) is 26.8. The Kier molecular flexibility index (Phi) is 7.90. The van der Waals surface area contributed by atoms with E-state index in [4.69, 9.17) is 21.1 Å². The zero-order valence-corrected chi connectivity index (χ0v) is 18.2. The molecule has 1 fully saturated rings. The fraction of sp³-hybridized carbons (Fsp3) is 0.455. The molecule has 1 heterocycles. The zero-order valence-electron chi connectivity index (χ0n) is 17.4. The molecule has 5 N–H and O–H groups in total. The van der Waals surface area contributed by atoms with E-state index in [1.807, 2.05) is 0 Å². The van der Waals surface area contributed by atoms with Crippen molar-refractivity contribution in [2.45, 2.75) is 62.9 Å². The third-order valence-electron chi connectivity index (χ3n) is 5.38. The van der Waals surface area contributed by atoms with E-state index in [1.165, 1.54) is 31.2 Å². The molecule has 0 spiro atoms. The van der Waals surface area contributed by atoms with Gasteiger partial charge < -0.3 is 35.0 Å². The summed E-state index contributed by atoms with van der Waals surface area (Å²) in [7, 11) is 0. The number of ether oxygens (including phenoxy) is 2. The number of hydrogen-bond acceptors (Lipinski definition) is 7. The molecule has 0 radical (unpaired) electrons. The van der Waals surface area contributed by atoms with Crippen LogP contribution in [0.5, 0.6) is 5.75 Å². The standard InChI is InChI=1S/C22H24ClF3O7/c1-10(28)20-18(30)17(29)19(31)21(33-20)32-16-8-12(9-27)7-15(23)14(16)6-11-2-4-13(5-3-11)22(24,25)26/h2-5,7-8,10,17-21,27-31H,6,9H2,1H3/t10?,17-,18-,19+,20+,21+/m0/s1. The van der Waals surface area contributed by atoms with Gasteiger partial charge in [0, 0.05) is 17.0 Å². The summed E-state index contributed by atoms with van der Waals surface area (Å²) in [5, 5.41) is 50.0. The minimum atomic E-state index is -4.48. The Balaban J connectivity index is 1.92. The minimum absolute atomic E-state index is 0.0448. The summed E-state index contributed by atoms with van der Waals surface area (Å²) in [5.41, 5.74) is 0.358. The van der Waals surface area contributed by atoms with Gasteiger partial charge in [-0.2, -0.15) is 13.2 Å². The molecule has 1 unspecified atom stereocenters. The van der Waals surface area contributed by atoms with Crippen LogP contribution in [-0.2, 0) is 23.9 Å². The van der Waals surface area contributed by atoms with Crippen LogP contribution < -0.4 is 4.74 Å². The van der Waals surface area contributed by atoms with Crippen molar-refractivity contribution in [3.05, 3.63) is 63.7 Å². The number of alkyl halides is 3. The molecule has 0 saturated carbocycles. The van der Waals surface area contributed by atoms with Crippen molar-refractivity contribution in [1.82, 2.24) is 0 Å². The summed E-state index contributed by atoms with van der Waals surface area (Å²) >= 11 is 6.35. The van der Waals surface area contributed by atoms with Crippen molar-refractivity contribution in [3.8, 4) is 5.75 Å². The molecule has 7 nitrogen and oxygen atoms in total. The van der Waals surface area contributed by atoms with Crippen molar-refractivity contribution in [3.63, 3.8) is 0 Å². The molecule has 2 aromatic carbocycles. The van der Waals surface area contributed by atoms with Crippen LogP contribution in [0.4, 0.5) is 13.2 Å². The van der Waals surface area contributed by atoms with E-state index >= 15 is 0 Å². The maximum absolute atomic E-state index is 12.8. The van der Waals surface area contributed by atoms with Crippen LogP contribution in [0.3, 0.4) is 0 Å². The monoisotopic (exact) mass is 492 g/mol. The molecule has 3 rings (SSSR count). The van der Waals surface area contributed by atoms with E-state index in [9.17, 15) is 38.7 Å². The van der Waals surface area contributed by atoms with E-state index < -0.39 is 55.2 Å². The van der Waals surface area contributed by atoms with E-state index in [0.717, 1.165) is 12.1 Å². The number of rotatable bonds is 6. The molecule has 33 heavy (non-hydrogen) atoms. The molecule has 6 atom stereocenters. The zero-order chi connectivity index (χ0) is 24.5. The molecule has 0 aliphatic carbocycles. The highest BCUT2D eigenvalue weighted by Crippen LogP contribution is 2.35. The lowest BCUT2D eigenvalue weighted by Gasteiger charge is -2.41. The van der Waals surface area contributed by atoms with Gasteiger partial charge in [-0.05, 0) is 42.3 Å². The summed E-state index contributed by atoms with van der Waals surface area (Å²) in [6, 6.07) is 7.33. The highest BCUT2D eigenvalue weighted by atomic mass is 35.5. The van der Waals surface area contributed by atoms with Crippen LogP contribution in [-0.4, -0.2) is 62.3 Å². The lowest BCUT2D eigenvalue weighted by molar-refractivity contribution is -0.286. The molecule has 0 bridgehead atoms. The highest BCUT2D eigenvalue weighted by Gasteiger charge is 2.46. The molecular formula is C22H24ClF3O7. The fourth-order valence-electron chi connectivity index (χ4n) is 3.54. The highest BCUT2D eigenvalue weighted by molar-refractivity contribution is 6.31. The van der Waals surface area contributed by atoms with Crippen LogP contribution in [0.25, 0.3) is 0 Å². The number of aliphatic hydroxyl groups is 5. The molecule has 11 heteroatoms. The predicted octanol–water partition coefficient (Wildman–Crippen LogP) is 2.01. The first-order valence-electron chi connectivity index (χ1n) is 10.0. The fourth-order valence-corrected chi connectivity index (χ4v) is 3.84. The number of benzene rings is 2. The SMILES string of the molecule is CC(O)[C@H]1O[C@@H](Oc2cc(CO)cc(Cl)c2Cc2ccc(C(F)(F)F)cc2)[C@H](O)[C@@H](O)[C@@H]1O. The van der Waals surface area contributed by atoms with Crippen LogP contribution >= 0.6 is 11.6 Å². The van der Waals surface area contributed by atoms with Gasteiger partial charge in [0.05, 0.1) is 18.3 Å². The molecule has 1 aliphatic heterocycles. The average molecular weight is 493 g/mol. The average Bonchev–Trinajstić information content (AvgIpc) is 2.75. The maximum atomic E-state index is 12.8. The first-order valence-corrected chi connectivity index (χ1v) is 10.4. The number of hydrogen-bond donors (Lipinski definition) is 5. The van der Waals surface area contributed by atoms with E-state index in [1.54, 1.807) is 0 Å². The minimum Gasteiger partial charge on any atom is -0.462 e. The third kappa shape index (κ3) is 5.78.